The van der Waals surface area contributed by atoms with Crippen LogP contribution in [-0.2, 0) is 23.9 Å². The van der Waals surface area contributed by atoms with Crippen molar-refractivity contribution < 1.29 is 23.1 Å². The summed E-state index contributed by atoms with van der Waals surface area (Å²) in [4.78, 5) is 30.6. The number of aliphatic hydroxyl groups excluding tert-OH is 1. The van der Waals surface area contributed by atoms with E-state index in [0.717, 1.165) is 16.9 Å². The number of fused-ring (bicyclic) bond motifs is 1. The van der Waals surface area contributed by atoms with E-state index >= 15 is 0 Å². The van der Waals surface area contributed by atoms with Crippen molar-refractivity contribution in [1.82, 2.24) is 24.2 Å². The van der Waals surface area contributed by atoms with E-state index < -0.39 is 29.7 Å². The SMILES string of the molecule is C[C@H]1Cc2nn(Cc3ccc(C(F)(F)F)nc3)c(=O)n2[C@@H](C(=O)N2CC(O)C2)C1. The normalized spacial score (nSPS) is 22.3. The van der Waals surface area contributed by atoms with Gasteiger partial charge in [-0.2, -0.15) is 18.3 Å². The van der Waals surface area contributed by atoms with Gasteiger partial charge in [0.2, 0.25) is 5.91 Å². The predicted molar refractivity (Wildman–Crippen MR) is 93.9 cm³/mol. The smallest absolute Gasteiger partial charge is 0.389 e. The van der Waals surface area contributed by atoms with Crippen molar-refractivity contribution in [3.05, 3.63) is 45.9 Å². The fourth-order valence-electron chi connectivity index (χ4n) is 3.82. The number of hydrogen-bond acceptors (Lipinski definition) is 5. The number of hydrogen-bond donors (Lipinski definition) is 1. The first-order valence-corrected chi connectivity index (χ1v) is 9.30. The molecule has 1 amide bonds. The van der Waals surface area contributed by atoms with Crippen LogP contribution < -0.4 is 5.69 Å². The first kappa shape index (κ1) is 19.6. The zero-order chi connectivity index (χ0) is 20.9. The van der Waals surface area contributed by atoms with E-state index in [4.69, 9.17) is 0 Å². The van der Waals surface area contributed by atoms with Crippen LogP contribution in [0.25, 0.3) is 0 Å². The maximum atomic E-state index is 12.9. The number of rotatable bonds is 3. The van der Waals surface area contributed by atoms with Crippen LogP contribution in [0, 0.1) is 5.92 Å². The number of pyridine rings is 1. The summed E-state index contributed by atoms with van der Waals surface area (Å²) < 4.78 is 40.5. The van der Waals surface area contributed by atoms with Gasteiger partial charge in [0.15, 0.2) is 0 Å². The molecule has 0 aliphatic carbocycles. The average Bonchev–Trinajstić information content (AvgIpc) is 2.93. The molecule has 29 heavy (non-hydrogen) atoms. The van der Waals surface area contributed by atoms with Crippen LogP contribution in [0.15, 0.2) is 23.1 Å². The van der Waals surface area contributed by atoms with E-state index in [9.17, 15) is 27.9 Å². The number of β-amino-alcohol motifs (C(OH)–C–C–N with tert-alkyl or cyclic N) is 1. The van der Waals surface area contributed by atoms with E-state index in [1.54, 1.807) is 0 Å². The van der Waals surface area contributed by atoms with E-state index in [0.29, 0.717) is 24.2 Å². The molecule has 4 heterocycles. The molecule has 2 aliphatic rings. The summed E-state index contributed by atoms with van der Waals surface area (Å²) in [5.74, 6) is 0.402. The van der Waals surface area contributed by atoms with Gasteiger partial charge >= 0.3 is 11.9 Å². The molecule has 0 unspecified atom stereocenters. The molecule has 1 N–H and O–H groups in total. The van der Waals surface area contributed by atoms with E-state index in [1.807, 2.05) is 6.92 Å². The minimum Gasteiger partial charge on any atom is -0.389 e. The Hall–Kier alpha value is -2.69. The van der Waals surface area contributed by atoms with Gasteiger partial charge in [-0.15, -0.1) is 0 Å². The van der Waals surface area contributed by atoms with Gasteiger partial charge in [-0.3, -0.25) is 14.3 Å². The second kappa shape index (κ2) is 6.97. The van der Waals surface area contributed by atoms with Crippen molar-refractivity contribution in [1.29, 1.82) is 0 Å². The number of halogens is 3. The molecule has 2 aliphatic heterocycles. The molecule has 4 rings (SSSR count). The minimum absolute atomic E-state index is 0.0400. The lowest BCUT2D eigenvalue weighted by molar-refractivity contribution is -0.146. The fourth-order valence-corrected chi connectivity index (χ4v) is 3.82. The van der Waals surface area contributed by atoms with Crippen molar-refractivity contribution in [3.63, 3.8) is 0 Å². The molecule has 1 fully saturated rings. The van der Waals surface area contributed by atoms with Gasteiger partial charge in [-0.05, 0) is 24.0 Å². The van der Waals surface area contributed by atoms with Crippen LogP contribution in [0.2, 0.25) is 0 Å². The highest BCUT2D eigenvalue weighted by molar-refractivity contribution is 5.81. The van der Waals surface area contributed by atoms with Gasteiger partial charge < -0.3 is 10.0 Å². The Morgan fingerprint density at radius 3 is 2.62 bits per heavy atom. The lowest BCUT2D eigenvalue weighted by Gasteiger charge is -2.39. The number of likely N-dealkylation sites (tertiary alicyclic amines) is 1. The quantitative estimate of drug-likeness (QED) is 0.808. The summed E-state index contributed by atoms with van der Waals surface area (Å²) in [5, 5.41) is 13.8. The number of alkyl halides is 3. The monoisotopic (exact) mass is 411 g/mol. The lowest BCUT2D eigenvalue weighted by Crippen LogP contribution is -2.56. The molecule has 0 radical (unpaired) electrons. The first-order chi connectivity index (χ1) is 13.6. The highest BCUT2D eigenvalue weighted by Gasteiger charge is 2.39. The predicted octanol–water partition coefficient (Wildman–Crippen LogP) is 0.833. The summed E-state index contributed by atoms with van der Waals surface area (Å²) in [7, 11) is 0. The van der Waals surface area contributed by atoms with Gasteiger partial charge in [-0.25, -0.2) is 9.48 Å². The number of aliphatic hydroxyl groups is 1. The highest BCUT2D eigenvalue weighted by Crippen LogP contribution is 2.30. The summed E-state index contributed by atoms with van der Waals surface area (Å²) in [6, 6.07) is 1.43. The average molecular weight is 411 g/mol. The van der Waals surface area contributed by atoms with Crippen molar-refractivity contribution in [2.75, 3.05) is 13.1 Å². The standard InChI is InChI=1S/C18H20F3N5O3/c1-10-4-13(16(28)24-8-12(27)9-24)26-15(5-10)23-25(17(26)29)7-11-2-3-14(22-6-11)18(19,20)21/h2-3,6,10,12-13,27H,4-5,7-9H2,1H3/t10-,13-/m1/s1. The number of aromatic nitrogens is 4. The third kappa shape index (κ3) is 3.66. The third-order valence-corrected chi connectivity index (χ3v) is 5.32. The minimum atomic E-state index is -4.53. The van der Waals surface area contributed by atoms with Crippen LogP contribution >= 0.6 is 0 Å². The van der Waals surface area contributed by atoms with Gasteiger partial charge in [-0.1, -0.05) is 13.0 Å². The summed E-state index contributed by atoms with van der Waals surface area (Å²) >= 11 is 0. The maximum Gasteiger partial charge on any atom is 0.433 e. The van der Waals surface area contributed by atoms with Crippen LogP contribution in [0.5, 0.6) is 0 Å². The summed E-state index contributed by atoms with van der Waals surface area (Å²) in [5.41, 5.74) is -1.09. The van der Waals surface area contributed by atoms with Crippen molar-refractivity contribution in [3.8, 4) is 0 Å². The van der Waals surface area contributed by atoms with E-state index in [2.05, 4.69) is 10.1 Å². The van der Waals surface area contributed by atoms with Crippen molar-refractivity contribution in [2.24, 2.45) is 5.92 Å². The number of carbonyl (C=O) groups excluding carboxylic acids is 1. The number of amides is 1. The molecule has 1 saturated heterocycles. The fraction of sp³-hybridized carbons (Fsp3) is 0.556. The van der Waals surface area contributed by atoms with Crippen molar-refractivity contribution >= 4 is 5.91 Å². The van der Waals surface area contributed by atoms with Crippen LogP contribution in [0.3, 0.4) is 0 Å². The highest BCUT2D eigenvalue weighted by atomic mass is 19.4. The molecular formula is C18H20F3N5O3. The zero-order valence-electron chi connectivity index (χ0n) is 15.6. The molecule has 2 atom stereocenters. The molecule has 2 aromatic heterocycles. The molecule has 0 saturated carbocycles. The Morgan fingerprint density at radius 2 is 2.03 bits per heavy atom. The molecule has 8 nitrogen and oxygen atoms in total. The van der Waals surface area contributed by atoms with E-state index in [1.165, 1.54) is 15.5 Å². The lowest BCUT2D eigenvalue weighted by atomic mass is 9.92. The molecule has 0 aromatic carbocycles. The molecule has 156 valence electrons. The Kier molecular flexibility index (Phi) is 4.72. The van der Waals surface area contributed by atoms with Gasteiger partial charge in [0.25, 0.3) is 0 Å². The zero-order valence-corrected chi connectivity index (χ0v) is 15.6. The largest absolute Gasteiger partial charge is 0.433 e. The Balaban J connectivity index is 1.60. The molecule has 0 bridgehead atoms. The van der Waals surface area contributed by atoms with E-state index in [-0.39, 0.29) is 31.5 Å². The third-order valence-electron chi connectivity index (χ3n) is 5.32. The van der Waals surface area contributed by atoms with Crippen LogP contribution in [0.4, 0.5) is 13.2 Å². The summed E-state index contributed by atoms with van der Waals surface area (Å²) in [6.07, 6.45) is -2.98. The first-order valence-electron chi connectivity index (χ1n) is 9.30. The van der Waals surface area contributed by atoms with Gasteiger partial charge in [0.1, 0.15) is 17.6 Å². The van der Waals surface area contributed by atoms with Gasteiger partial charge in [0.05, 0.1) is 12.6 Å². The van der Waals surface area contributed by atoms with Crippen molar-refractivity contribution in [2.45, 2.75) is 44.6 Å². The molecule has 0 spiro atoms. The van der Waals surface area contributed by atoms with Crippen LogP contribution in [0.1, 0.15) is 36.5 Å². The van der Waals surface area contributed by atoms with Gasteiger partial charge in [0, 0.05) is 25.7 Å². The molecule has 2 aromatic rings. The van der Waals surface area contributed by atoms with Crippen LogP contribution in [-0.4, -0.2) is 54.4 Å². The maximum absolute atomic E-state index is 12.9. The Morgan fingerprint density at radius 1 is 1.31 bits per heavy atom. The second-order valence-electron chi connectivity index (χ2n) is 7.73. The topological polar surface area (TPSA) is 93.2 Å². The summed E-state index contributed by atoms with van der Waals surface area (Å²) in [6.45, 7) is 2.43. The Bertz CT molecular complexity index is 976. The molecule has 11 heteroatoms. The number of nitrogens with zero attached hydrogens (tertiary/aromatic N) is 5. The Labute approximate surface area is 163 Å². The second-order valence-corrected chi connectivity index (χ2v) is 7.73. The number of carbonyl (C=O) groups is 1. The molecular weight excluding hydrogens is 391 g/mol.